The van der Waals surface area contributed by atoms with Gasteiger partial charge in [-0.05, 0) is 24.3 Å². The Balaban J connectivity index is 1.93. The fourth-order valence-corrected chi connectivity index (χ4v) is 2.10. The molecule has 0 atom stereocenters. The van der Waals surface area contributed by atoms with Crippen LogP contribution in [-0.4, -0.2) is 15.3 Å². The van der Waals surface area contributed by atoms with Gasteiger partial charge in [0.05, 0.1) is 11.8 Å². The number of benzene rings is 1. The lowest BCUT2D eigenvalue weighted by atomic mass is 10.2. The molecule has 0 aliphatic heterocycles. The molecule has 0 aliphatic rings. The maximum atomic E-state index is 13.6. The number of primary amides is 1. The largest absolute Gasteiger partial charge is 0.485 e. The Bertz CT molecular complexity index is 841. The summed E-state index contributed by atoms with van der Waals surface area (Å²) >= 11 is 0. The first-order valence-electron chi connectivity index (χ1n) is 6.39. The zero-order valence-electron chi connectivity index (χ0n) is 11.3. The number of amides is 1. The van der Waals surface area contributed by atoms with E-state index >= 15 is 0 Å². The van der Waals surface area contributed by atoms with Crippen molar-refractivity contribution in [2.24, 2.45) is 5.73 Å². The fourth-order valence-electron chi connectivity index (χ4n) is 2.10. The summed E-state index contributed by atoms with van der Waals surface area (Å²) in [5.41, 5.74) is 5.60. The molecule has 0 fully saturated rings. The van der Waals surface area contributed by atoms with Crippen LogP contribution in [0.25, 0.3) is 5.65 Å². The quantitative estimate of drug-likeness (QED) is 0.804. The molecule has 3 rings (SSSR count). The first-order valence-corrected chi connectivity index (χ1v) is 6.39. The van der Waals surface area contributed by atoms with Crippen molar-refractivity contribution >= 4 is 11.6 Å². The molecule has 2 aromatic heterocycles. The van der Waals surface area contributed by atoms with Crippen LogP contribution in [0.4, 0.5) is 8.78 Å². The number of halogens is 2. The average Bonchev–Trinajstić information content (AvgIpc) is 2.91. The molecule has 112 valence electrons. The summed E-state index contributed by atoms with van der Waals surface area (Å²) in [5, 5.41) is 0. The lowest BCUT2D eigenvalue weighted by molar-refractivity contribution is 0.0994. The van der Waals surface area contributed by atoms with Gasteiger partial charge in [0.25, 0.3) is 5.91 Å². The number of nitrogens with zero attached hydrogens (tertiary/aromatic N) is 2. The van der Waals surface area contributed by atoms with Gasteiger partial charge in [0, 0.05) is 6.20 Å². The van der Waals surface area contributed by atoms with Crippen molar-refractivity contribution in [3.63, 3.8) is 0 Å². The number of aromatic nitrogens is 2. The summed E-state index contributed by atoms with van der Waals surface area (Å²) < 4.78 is 34.0. The van der Waals surface area contributed by atoms with Gasteiger partial charge in [0.1, 0.15) is 23.9 Å². The Kier molecular flexibility index (Phi) is 3.46. The molecule has 1 aromatic carbocycles. The smallest absolute Gasteiger partial charge is 0.267 e. The maximum absolute atomic E-state index is 13.6. The van der Waals surface area contributed by atoms with Crippen LogP contribution in [0.1, 0.15) is 16.1 Å². The summed E-state index contributed by atoms with van der Waals surface area (Å²) in [6.07, 6.45) is 2.91. The van der Waals surface area contributed by atoms with Crippen LogP contribution in [0.3, 0.4) is 0 Å². The second-order valence-corrected chi connectivity index (χ2v) is 4.56. The van der Waals surface area contributed by atoms with Crippen molar-refractivity contribution in [1.82, 2.24) is 9.38 Å². The Morgan fingerprint density at radius 2 is 1.95 bits per heavy atom. The first kappa shape index (κ1) is 14.0. The van der Waals surface area contributed by atoms with E-state index in [4.69, 9.17) is 10.5 Å². The Morgan fingerprint density at radius 1 is 1.23 bits per heavy atom. The highest BCUT2D eigenvalue weighted by Crippen LogP contribution is 2.22. The van der Waals surface area contributed by atoms with E-state index < -0.39 is 17.5 Å². The van der Waals surface area contributed by atoms with Crippen molar-refractivity contribution in [2.45, 2.75) is 6.61 Å². The minimum absolute atomic E-state index is 0.175. The third-order valence-corrected chi connectivity index (χ3v) is 3.19. The number of carbonyl (C=O) groups is 1. The second-order valence-electron chi connectivity index (χ2n) is 4.56. The average molecular weight is 303 g/mol. The molecule has 0 spiro atoms. The number of rotatable bonds is 4. The zero-order valence-corrected chi connectivity index (χ0v) is 11.3. The number of nitrogens with two attached hydrogens (primary N) is 1. The lowest BCUT2D eigenvalue weighted by Crippen LogP contribution is -2.13. The molecule has 0 aliphatic carbocycles. The molecule has 2 N–H and O–H groups in total. The van der Waals surface area contributed by atoms with E-state index in [0.717, 1.165) is 12.1 Å². The van der Waals surface area contributed by atoms with Crippen molar-refractivity contribution in [3.05, 3.63) is 65.6 Å². The summed E-state index contributed by atoms with van der Waals surface area (Å²) in [5.74, 6) is -1.72. The minimum Gasteiger partial charge on any atom is -0.485 e. The molecular weight excluding hydrogens is 292 g/mol. The first-order chi connectivity index (χ1) is 10.6. The van der Waals surface area contributed by atoms with Gasteiger partial charge >= 0.3 is 0 Å². The lowest BCUT2D eigenvalue weighted by Gasteiger charge is -2.09. The number of hydrogen-bond acceptors (Lipinski definition) is 3. The molecule has 0 saturated heterocycles. The molecule has 3 aromatic rings. The number of hydrogen-bond donors (Lipinski definition) is 1. The van der Waals surface area contributed by atoms with Crippen molar-refractivity contribution in [2.75, 3.05) is 0 Å². The molecule has 0 bridgehead atoms. The molecule has 2 heterocycles. The highest BCUT2D eigenvalue weighted by molar-refractivity contribution is 5.92. The van der Waals surface area contributed by atoms with E-state index in [9.17, 15) is 13.6 Å². The molecule has 1 amide bonds. The molecular formula is C15H11F2N3O2. The molecule has 0 radical (unpaired) electrons. The molecule has 0 saturated carbocycles. The van der Waals surface area contributed by atoms with E-state index in [1.807, 2.05) is 0 Å². The Hall–Kier alpha value is -2.96. The van der Waals surface area contributed by atoms with Crippen LogP contribution in [-0.2, 0) is 6.61 Å². The van der Waals surface area contributed by atoms with Crippen LogP contribution < -0.4 is 10.5 Å². The number of imidazole rings is 1. The van der Waals surface area contributed by atoms with Gasteiger partial charge in [-0.3, -0.25) is 9.20 Å². The number of carbonyl (C=O) groups excluding carboxylic acids is 1. The van der Waals surface area contributed by atoms with Gasteiger partial charge in [0.15, 0.2) is 11.4 Å². The van der Waals surface area contributed by atoms with Crippen molar-refractivity contribution in [1.29, 1.82) is 0 Å². The van der Waals surface area contributed by atoms with Crippen LogP contribution in [0, 0.1) is 11.6 Å². The number of ether oxygens (including phenoxy) is 1. The molecule has 5 nitrogen and oxygen atoms in total. The summed E-state index contributed by atoms with van der Waals surface area (Å²) in [7, 11) is 0. The van der Waals surface area contributed by atoms with Gasteiger partial charge < -0.3 is 10.5 Å². The van der Waals surface area contributed by atoms with Crippen LogP contribution in [0.2, 0.25) is 0 Å². The van der Waals surface area contributed by atoms with E-state index in [1.54, 1.807) is 18.3 Å². The standard InChI is InChI=1S/C15H11F2N3O2/c16-10-3-1-4-11(17)9(10)8-22-13-5-2-6-20-12(14(18)21)7-19-15(13)20/h1-7H,8H2,(H2,18,21). The van der Waals surface area contributed by atoms with Crippen LogP contribution >= 0.6 is 0 Å². The summed E-state index contributed by atoms with van der Waals surface area (Å²) in [6, 6.07) is 6.80. The highest BCUT2D eigenvalue weighted by atomic mass is 19.1. The number of pyridine rings is 1. The summed E-state index contributed by atoms with van der Waals surface area (Å²) in [4.78, 5) is 15.3. The number of fused-ring (bicyclic) bond motifs is 1. The predicted molar refractivity (Wildman–Crippen MR) is 74.4 cm³/mol. The van der Waals surface area contributed by atoms with Gasteiger partial charge in [-0.15, -0.1) is 0 Å². The van der Waals surface area contributed by atoms with Crippen molar-refractivity contribution in [3.8, 4) is 5.75 Å². The Morgan fingerprint density at radius 3 is 2.64 bits per heavy atom. The fraction of sp³-hybridized carbons (Fsp3) is 0.0667. The van der Waals surface area contributed by atoms with Gasteiger partial charge in [-0.1, -0.05) is 6.07 Å². The van der Waals surface area contributed by atoms with Crippen LogP contribution in [0.5, 0.6) is 5.75 Å². The highest BCUT2D eigenvalue weighted by Gasteiger charge is 2.14. The molecule has 0 unspecified atom stereocenters. The molecule has 7 heteroatoms. The van der Waals surface area contributed by atoms with E-state index in [1.165, 1.54) is 16.7 Å². The van der Waals surface area contributed by atoms with E-state index in [0.29, 0.717) is 5.65 Å². The third-order valence-electron chi connectivity index (χ3n) is 3.19. The molecule has 22 heavy (non-hydrogen) atoms. The van der Waals surface area contributed by atoms with E-state index in [2.05, 4.69) is 4.98 Å². The zero-order chi connectivity index (χ0) is 15.7. The van der Waals surface area contributed by atoms with E-state index in [-0.39, 0.29) is 23.6 Å². The van der Waals surface area contributed by atoms with Gasteiger partial charge in [-0.25, -0.2) is 13.8 Å². The monoisotopic (exact) mass is 303 g/mol. The predicted octanol–water partition coefficient (Wildman–Crippen LogP) is 2.29. The topological polar surface area (TPSA) is 69.6 Å². The van der Waals surface area contributed by atoms with Gasteiger partial charge in [0.2, 0.25) is 0 Å². The minimum atomic E-state index is -0.687. The van der Waals surface area contributed by atoms with Gasteiger partial charge in [-0.2, -0.15) is 0 Å². The third kappa shape index (κ3) is 2.37. The normalized spacial score (nSPS) is 10.8. The van der Waals surface area contributed by atoms with Crippen LogP contribution in [0.15, 0.2) is 42.7 Å². The maximum Gasteiger partial charge on any atom is 0.267 e. The SMILES string of the molecule is NC(=O)c1cnc2c(OCc3c(F)cccc3F)cccn12. The second kappa shape index (κ2) is 5.44. The summed E-state index contributed by atoms with van der Waals surface area (Å²) in [6.45, 7) is -0.295. The Labute approximate surface area is 124 Å². The van der Waals surface area contributed by atoms with Crippen molar-refractivity contribution < 1.29 is 18.3 Å².